The molecule has 0 unspecified atom stereocenters. The minimum absolute atomic E-state index is 0.700. The number of nitrogens with one attached hydrogen (secondary N) is 1. The second-order valence-electron chi connectivity index (χ2n) is 8.34. The van der Waals surface area contributed by atoms with Crippen molar-refractivity contribution in [2.24, 2.45) is 17.8 Å². The molecular formula is C19H39N3. The molecule has 130 valence electrons. The smallest absolute Gasteiger partial charge is 0.0118 e. The van der Waals surface area contributed by atoms with Crippen LogP contribution < -0.4 is 5.32 Å². The predicted molar refractivity (Wildman–Crippen MR) is 96.3 cm³/mol. The highest BCUT2D eigenvalue weighted by Crippen LogP contribution is 2.24. The topological polar surface area (TPSA) is 18.5 Å². The number of nitrogens with zero attached hydrogens (tertiary/aromatic N) is 2. The van der Waals surface area contributed by atoms with Gasteiger partial charge in [-0.1, -0.05) is 20.8 Å². The molecule has 0 radical (unpaired) electrons. The molecule has 0 bridgehead atoms. The number of likely N-dealkylation sites (tertiary alicyclic amines) is 2. The summed E-state index contributed by atoms with van der Waals surface area (Å²) < 4.78 is 0. The minimum atomic E-state index is 0.700. The van der Waals surface area contributed by atoms with Crippen molar-refractivity contribution in [3.05, 3.63) is 0 Å². The molecule has 2 atom stereocenters. The van der Waals surface area contributed by atoms with Crippen LogP contribution in [0.15, 0.2) is 0 Å². The second-order valence-corrected chi connectivity index (χ2v) is 8.34. The maximum absolute atomic E-state index is 3.84. The van der Waals surface area contributed by atoms with E-state index in [1.165, 1.54) is 58.5 Å². The van der Waals surface area contributed by atoms with Gasteiger partial charge in [-0.05, 0) is 70.5 Å². The lowest BCUT2D eigenvalue weighted by atomic mass is 9.87. The maximum atomic E-state index is 3.84. The lowest BCUT2D eigenvalue weighted by molar-refractivity contribution is 0.113. The van der Waals surface area contributed by atoms with E-state index in [4.69, 9.17) is 0 Å². The molecule has 0 saturated carbocycles. The van der Waals surface area contributed by atoms with Crippen molar-refractivity contribution >= 4 is 0 Å². The summed E-state index contributed by atoms with van der Waals surface area (Å²) >= 11 is 0. The Balaban J connectivity index is 1.61. The Morgan fingerprint density at radius 2 is 1.68 bits per heavy atom. The van der Waals surface area contributed by atoms with Gasteiger partial charge < -0.3 is 15.1 Å². The quantitative estimate of drug-likeness (QED) is 0.813. The van der Waals surface area contributed by atoms with Crippen molar-refractivity contribution in [1.82, 2.24) is 15.1 Å². The predicted octanol–water partition coefficient (Wildman–Crippen LogP) is 3.06. The molecule has 2 rings (SSSR count). The van der Waals surface area contributed by atoms with Gasteiger partial charge in [0.1, 0.15) is 0 Å². The summed E-state index contributed by atoms with van der Waals surface area (Å²) in [7, 11) is 0. The molecule has 2 aliphatic rings. The van der Waals surface area contributed by atoms with Crippen molar-refractivity contribution in [3.63, 3.8) is 0 Å². The lowest BCUT2D eigenvalue weighted by Gasteiger charge is -2.40. The van der Waals surface area contributed by atoms with Gasteiger partial charge in [-0.2, -0.15) is 0 Å². The van der Waals surface area contributed by atoms with Crippen LogP contribution in [0, 0.1) is 17.8 Å². The fraction of sp³-hybridized carbons (Fsp3) is 1.00. The maximum Gasteiger partial charge on any atom is 0.0118 e. The normalized spacial score (nSPS) is 29.6. The summed E-state index contributed by atoms with van der Waals surface area (Å²) in [4.78, 5) is 5.29. The first-order valence-corrected chi connectivity index (χ1v) is 9.67. The Bertz CT molecular complexity index is 308. The first-order chi connectivity index (χ1) is 10.5. The zero-order valence-corrected chi connectivity index (χ0v) is 15.6. The van der Waals surface area contributed by atoms with Crippen LogP contribution in [0.1, 0.15) is 53.9 Å². The third-order valence-corrected chi connectivity index (χ3v) is 6.08. The zero-order valence-electron chi connectivity index (χ0n) is 15.6. The summed E-state index contributed by atoms with van der Waals surface area (Å²) in [5, 5.41) is 3.84. The van der Waals surface area contributed by atoms with E-state index in [2.05, 4.69) is 49.7 Å². The highest BCUT2D eigenvalue weighted by Gasteiger charge is 2.27. The van der Waals surface area contributed by atoms with Crippen LogP contribution in [-0.4, -0.2) is 61.2 Å². The molecule has 0 aromatic rings. The van der Waals surface area contributed by atoms with E-state index in [-0.39, 0.29) is 0 Å². The number of hydrogen-bond donors (Lipinski definition) is 1. The molecule has 0 spiro atoms. The molecule has 2 saturated heterocycles. The van der Waals surface area contributed by atoms with E-state index in [0.29, 0.717) is 6.04 Å². The Morgan fingerprint density at radius 1 is 1.00 bits per heavy atom. The standard InChI is InChI=1S/C19H39N3/c1-15(2)18-6-10-21(11-7-18)13-9-20-19-8-12-22(16(3)4)14-17(19)5/h15-20H,6-14H2,1-5H3/t17-,19-/m1/s1. The minimum Gasteiger partial charge on any atom is -0.312 e. The van der Waals surface area contributed by atoms with E-state index in [1.807, 2.05) is 0 Å². The summed E-state index contributed by atoms with van der Waals surface area (Å²) in [6.45, 7) is 19.4. The van der Waals surface area contributed by atoms with Crippen LogP contribution in [0.5, 0.6) is 0 Å². The summed E-state index contributed by atoms with van der Waals surface area (Å²) in [5.41, 5.74) is 0. The van der Waals surface area contributed by atoms with Crippen molar-refractivity contribution in [2.45, 2.75) is 66.0 Å². The van der Waals surface area contributed by atoms with E-state index in [1.54, 1.807) is 0 Å². The number of hydrogen-bond acceptors (Lipinski definition) is 3. The molecule has 2 aliphatic heterocycles. The van der Waals surface area contributed by atoms with Crippen LogP contribution in [0.4, 0.5) is 0 Å². The lowest BCUT2D eigenvalue weighted by Crippen LogP contribution is -2.51. The van der Waals surface area contributed by atoms with Gasteiger partial charge in [-0.25, -0.2) is 0 Å². The Labute approximate surface area is 138 Å². The van der Waals surface area contributed by atoms with Gasteiger partial charge in [-0.3, -0.25) is 0 Å². The van der Waals surface area contributed by atoms with Gasteiger partial charge in [0.25, 0.3) is 0 Å². The van der Waals surface area contributed by atoms with Gasteiger partial charge >= 0.3 is 0 Å². The fourth-order valence-corrected chi connectivity index (χ4v) is 4.20. The van der Waals surface area contributed by atoms with E-state index in [9.17, 15) is 0 Å². The zero-order chi connectivity index (χ0) is 16.1. The van der Waals surface area contributed by atoms with Crippen LogP contribution in [0.25, 0.3) is 0 Å². The van der Waals surface area contributed by atoms with Gasteiger partial charge in [0, 0.05) is 31.7 Å². The number of rotatable bonds is 6. The van der Waals surface area contributed by atoms with E-state index in [0.717, 1.165) is 23.8 Å². The van der Waals surface area contributed by atoms with Gasteiger partial charge in [-0.15, -0.1) is 0 Å². The van der Waals surface area contributed by atoms with Gasteiger partial charge in [0.05, 0.1) is 0 Å². The third kappa shape index (κ3) is 5.21. The Kier molecular flexibility index (Phi) is 7.17. The summed E-state index contributed by atoms with van der Waals surface area (Å²) in [5.74, 6) is 2.61. The van der Waals surface area contributed by atoms with Gasteiger partial charge in [0.15, 0.2) is 0 Å². The molecule has 0 aliphatic carbocycles. The molecule has 2 fully saturated rings. The average Bonchev–Trinajstić information content (AvgIpc) is 2.49. The molecule has 2 heterocycles. The van der Waals surface area contributed by atoms with E-state index < -0.39 is 0 Å². The molecule has 0 amide bonds. The van der Waals surface area contributed by atoms with Crippen molar-refractivity contribution in [1.29, 1.82) is 0 Å². The van der Waals surface area contributed by atoms with Crippen LogP contribution in [0.2, 0.25) is 0 Å². The molecule has 0 aromatic heterocycles. The molecular weight excluding hydrogens is 270 g/mol. The Morgan fingerprint density at radius 3 is 2.23 bits per heavy atom. The van der Waals surface area contributed by atoms with Crippen molar-refractivity contribution < 1.29 is 0 Å². The molecule has 1 N–H and O–H groups in total. The fourth-order valence-electron chi connectivity index (χ4n) is 4.20. The van der Waals surface area contributed by atoms with Crippen LogP contribution in [-0.2, 0) is 0 Å². The van der Waals surface area contributed by atoms with Gasteiger partial charge in [0.2, 0.25) is 0 Å². The largest absolute Gasteiger partial charge is 0.312 e. The SMILES string of the molecule is CC(C)C1CCN(CCN[C@@H]2CCN(C(C)C)C[C@H]2C)CC1. The van der Waals surface area contributed by atoms with Crippen LogP contribution in [0.3, 0.4) is 0 Å². The third-order valence-electron chi connectivity index (χ3n) is 6.08. The molecule has 3 heteroatoms. The summed E-state index contributed by atoms with van der Waals surface area (Å²) in [6, 6.07) is 1.42. The first-order valence-electron chi connectivity index (χ1n) is 9.67. The highest BCUT2D eigenvalue weighted by atomic mass is 15.2. The highest BCUT2D eigenvalue weighted by molar-refractivity contribution is 4.84. The second kappa shape index (κ2) is 8.65. The monoisotopic (exact) mass is 309 g/mol. The van der Waals surface area contributed by atoms with Crippen molar-refractivity contribution in [2.75, 3.05) is 39.3 Å². The Hall–Kier alpha value is -0.120. The molecule has 22 heavy (non-hydrogen) atoms. The first kappa shape index (κ1) is 18.2. The number of piperidine rings is 2. The molecule has 3 nitrogen and oxygen atoms in total. The van der Waals surface area contributed by atoms with Crippen LogP contribution >= 0.6 is 0 Å². The van der Waals surface area contributed by atoms with E-state index >= 15 is 0 Å². The van der Waals surface area contributed by atoms with Crippen molar-refractivity contribution in [3.8, 4) is 0 Å². The summed E-state index contributed by atoms with van der Waals surface area (Å²) in [6.07, 6.45) is 4.12. The average molecular weight is 310 g/mol. The molecule has 0 aromatic carbocycles.